The largest absolute Gasteiger partial charge is 0.247 e. The van der Waals surface area contributed by atoms with E-state index < -0.39 is 0 Å². The van der Waals surface area contributed by atoms with Crippen molar-refractivity contribution in [2.75, 3.05) is 29.8 Å². The molecule has 0 aromatic rings. The molecule has 0 rings (SSSR count). The summed E-state index contributed by atoms with van der Waals surface area (Å²) in [5.41, 5.74) is 0. The summed E-state index contributed by atoms with van der Waals surface area (Å²) < 4.78 is 0. The predicted molar refractivity (Wildman–Crippen MR) is 57.9 cm³/mol. The maximum atomic E-state index is 4.21. The van der Waals surface area contributed by atoms with Crippen LogP contribution in [0.5, 0.6) is 0 Å². The third-order valence-corrected chi connectivity index (χ3v) is 4.84. The second-order valence-electron chi connectivity index (χ2n) is 3.25. The van der Waals surface area contributed by atoms with E-state index in [-0.39, 0.29) is 10.0 Å². The van der Waals surface area contributed by atoms with Crippen molar-refractivity contribution >= 4 is 22.7 Å². The molecule has 0 amide bonds. The molecule has 0 saturated heterocycles. The highest BCUT2D eigenvalue weighted by molar-refractivity contribution is 8.32. The third kappa shape index (κ3) is 5.48. The molecule has 0 fully saturated rings. The highest BCUT2D eigenvalue weighted by Crippen LogP contribution is 2.40. The van der Waals surface area contributed by atoms with Gasteiger partial charge in [-0.25, -0.2) is 10.0 Å². The van der Waals surface area contributed by atoms with Crippen LogP contribution in [0.3, 0.4) is 0 Å². The van der Waals surface area contributed by atoms with E-state index in [9.17, 15) is 0 Å². The van der Waals surface area contributed by atoms with Gasteiger partial charge in [0.2, 0.25) is 0 Å². The SMILES string of the molecule is CCCS(C)(C)CCCS. The third-order valence-electron chi connectivity index (χ3n) is 1.61. The van der Waals surface area contributed by atoms with Gasteiger partial charge in [0, 0.05) is 0 Å². The van der Waals surface area contributed by atoms with Crippen LogP contribution in [0.4, 0.5) is 0 Å². The van der Waals surface area contributed by atoms with E-state index in [4.69, 9.17) is 0 Å². The minimum absolute atomic E-state index is 0.243. The average molecular weight is 180 g/mol. The lowest BCUT2D eigenvalue weighted by Crippen LogP contribution is -2.05. The molecule has 0 unspecified atom stereocenters. The normalized spacial score (nSPS) is 13.6. The number of rotatable bonds is 5. The fourth-order valence-corrected chi connectivity index (χ4v) is 3.72. The van der Waals surface area contributed by atoms with Crippen molar-refractivity contribution in [2.45, 2.75) is 19.8 Å². The Hall–Kier alpha value is 0.700. The van der Waals surface area contributed by atoms with Gasteiger partial charge in [-0.05, 0) is 42.6 Å². The van der Waals surface area contributed by atoms with Crippen LogP contribution in [0.15, 0.2) is 0 Å². The van der Waals surface area contributed by atoms with Crippen LogP contribution in [-0.2, 0) is 0 Å². The van der Waals surface area contributed by atoms with Gasteiger partial charge in [-0.2, -0.15) is 12.6 Å². The lowest BCUT2D eigenvalue weighted by Gasteiger charge is -2.30. The van der Waals surface area contributed by atoms with E-state index in [1.807, 2.05) is 0 Å². The van der Waals surface area contributed by atoms with Crippen molar-refractivity contribution < 1.29 is 0 Å². The van der Waals surface area contributed by atoms with Gasteiger partial charge in [-0.15, -0.1) is 0 Å². The quantitative estimate of drug-likeness (QED) is 0.618. The molecule has 2 heteroatoms. The molecular formula is C8H20S2. The summed E-state index contributed by atoms with van der Waals surface area (Å²) >= 11 is 4.21. The minimum Gasteiger partial charge on any atom is -0.247 e. The van der Waals surface area contributed by atoms with E-state index in [2.05, 4.69) is 32.1 Å². The first-order chi connectivity index (χ1) is 4.62. The van der Waals surface area contributed by atoms with E-state index in [1.165, 1.54) is 24.3 Å². The Kier molecular flexibility index (Phi) is 5.74. The first kappa shape index (κ1) is 10.7. The Labute approximate surface area is 72.5 Å². The molecule has 0 spiro atoms. The van der Waals surface area contributed by atoms with Crippen molar-refractivity contribution in [1.29, 1.82) is 0 Å². The topological polar surface area (TPSA) is 0 Å². The molecule has 0 N–H and O–H groups in total. The lowest BCUT2D eigenvalue weighted by molar-refractivity contribution is 1.07. The fourth-order valence-electron chi connectivity index (χ4n) is 1.11. The molecule has 0 aliphatic heterocycles. The fraction of sp³-hybridized carbons (Fsp3) is 1.00. The molecule has 0 saturated carbocycles. The Bertz CT molecular complexity index is 79.3. The zero-order valence-corrected chi connectivity index (χ0v) is 9.10. The van der Waals surface area contributed by atoms with Gasteiger partial charge in [0.1, 0.15) is 0 Å². The van der Waals surface area contributed by atoms with Crippen molar-refractivity contribution in [3.63, 3.8) is 0 Å². The molecule has 0 atom stereocenters. The van der Waals surface area contributed by atoms with Crippen LogP contribution < -0.4 is 0 Å². The number of hydrogen-bond donors (Lipinski definition) is 1. The van der Waals surface area contributed by atoms with Crippen LogP contribution in [0.1, 0.15) is 19.8 Å². The summed E-state index contributed by atoms with van der Waals surface area (Å²) in [6, 6.07) is 0. The van der Waals surface area contributed by atoms with E-state index >= 15 is 0 Å². The van der Waals surface area contributed by atoms with E-state index in [1.54, 1.807) is 0 Å². The summed E-state index contributed by atoms with van der Waals surface area (Å²) in [6.45, 7) is 2.27. The van der Waals surface area contributed by atoms with Gasteiger partial charge >= 0.3 is 0 Å². The molecule has 0 heterocycles. The van der Waals surface area contributed by atoms with Gasteiger partial charge in [0.25, 0.3) is 0 Å². The number of thiol groups is 1. The summed E-state index contributed by atoms with van der Waals surface area (Å²) in [4.78, 5) is 0. The zero-order valence-electron chi connectivity index (χ0n) is 7.39. The summed E-state index contributed by atoms with van der Waals surface area (Å²) in [6.07, 6.45) is 7.50. The lowest BCUT2D eigenvalue weighted by atomic mass is 10.6. The number of hydrogen-bond acceptors (Lipinski definition) is 1. The van der Waals surface area contributed by atoms with Gasteiger partial charge in [-0.1, -0.05) is 6.92 Å². The monoisotopic (exact) mass is 180 g/mol. The highest BCUT2D eigenvalue weighted by atomic mass is 32.3. The molecular weight excluding hydrogens is 160 g/mol. The first-order valence-corrected chi connectivity index (χ1v) is 7.34. The van der Waals surface area contributed by atoms with Gasteiger partial charge in [0.15, 0.2) is 0 Å². The molecule has 0 aromatic carbocycles. The molecule has 64 valence electrons. The van der Waals surface area contributed by atoms with Crippen LogP contribution in [0.2, 0.25) is 0 Å². The van der Waals surface area contributed by atoms with Gasteiger partial charge in [-0.3, -0.25) is 0 Å². The van der Waals surface area contributed by atoms with Crippen LogP contribution in [0, 0.1) is 0 Å². The Balaban J connectivity index is 3.42. The Morgan fingerprint density at radius 2 is 1.80 bits per heavy atom. The minimum atomic E-state index is -0.243. The summed E-state index contributed by atoms with van der Waals surface area (Å²) in [5.74, 6) is 3.89. The first-order valence-electron chi connectivity index (χ1n) is 3.92. The van der Waals surface area contributed by atoms with Crippen molar-refractivity contribution in [1.82, 2.24) is 0 Å². The van der Waals surface area contributed by atoms with Gasteiger partial charge < -0.3 is 0 Å². The van der Waals surface area contributed by atoms with Crippen LogP contribution in [0.25, 0.3) is 0 Å². The predicted octanol–water partition coefficient (Wildman–Crippen LogP) is 2.78. The maximum absolute atomic E-state index is 4.21. The maximum Gasteiger partial charge on any atom is -0.00906 e. The molecule has 0 aliphatic rings. The van der Waals surface area contributed by atoms with Crippen LogP contribution >= 0.6 is 22.7 Å². The van der Waals surface area contributed by atoms with Crippen LogP contribution in [-0.4, -0.2) is 29.8 Å². The van der Waals surface area contributed by atoms with E-state index in [0.717, 1.165) is 5.75 Å². The van der Waals surface area contributed by atoms with Gasteiger partial charge in [0.05, 0.1) is 0 Å². The smallest absolute Gasteiger partial charge is 0.00906 e. The Morgan fingerprint density at radius 1 is 1.20 bits per heavy atom. The molecule has 0 nitrogen and oxygen atoms in total. The van der Waals surface area contributed by atoms with Crippen molar-refractivity contribution in [3.8, 4) is 0 Å². The van der Waals surface area contributed by atoms with Crippen molar-refractivity contribution in [2.24, 2.45) is 0 Å². The summed E-state index contributed by atoms with van der Waals surface area (Å²) in [7, 11) is -0.243. The zero-order chi connectivity index (χ0) is 8.04. The average Bonchev–Trinajstić information content (AvgIpc) is 1.84. The molecule has 0 aromatic heterocycles. The molecule has 0 aliphatic carbocycles. The molecule has 10 heavy (non-hydrogen) atoms. The molecule has 0 radical (unpaired) electrons. The Morgan fingerprint density at radius 3 is 2.20 bits per heavy atom. The highest BCUT2D eigenvalue weighted by Gasteiger charge is 2.08. The second kappa shape index (κ2) is 5.36. The van der Waals surface area contributed by atoms with Crippen molar-refractivity contribution in [3.05, 3.63) is 0 Å². The second-order valence-corrected chi connectivity index (χ2v) is 8.05. The molecule has 0 bridgehead atoms. The standard InChI is InChI=1S/C8H20S2/c1-4-7-10(2,3)8-5-6-9/h9H,4-8H2,1-3H3. The van der Waals surface area contributed by atoms with E-state index in [0.29, 0.717) is 0 Å². The summed E-state index contributed by atoms with van der Waals surface area (Å²) in [5, 5.41) is 0.